The first-order valence-electron chi connectivity index (χ1n) is 10.3. The number of carbonyl (C=O) groups excluding carboxylic acids is 2. The average Bonchev–Trinajstić information content (AvgIpc) is 2.79. The number of ether oxygens (including phenoxy) is 1. The van der Waals surface area contributed by atoms with Gasteiger partial charge in [0.2, 0.25) is 5.91 Å². The Labute approximate surface area is 182 Å². The van der Waals surface area contributed by atoms with Gasteiger partial charge in [0, 0.05) is 6.54 Å². The van der Waals surface area contributed by atoms with Crippen molar-refractivity contribution in [2.75, 3.05) is 18.0 Å². The number of para-hydroxylation sites is 2. The van der Waals surface area contributed by atoms with Crippen molar-refractivity contribution in [1.82, 2.24) is 5.32 Å². The van der Waals surface area contributed by atoms with Gasteiger partial charge in [-0.3, -0.25) is 14.5 Å². The summed E-state index contributed by atoms with van der Waals surface area (Å²) in [5.41, 5.74) is 3.81. The Bertz CT molecular complexity index is 1110. The van der Waals surface area contributed by atoms with Crippen LogP contribution in [-0.2, 0) is 16.0 Å². The molecule has 0 aliphatic carbocycles. The summed E-state index contributed by atoms with van der Waals surface area (Å²) in [6.07, 6.45) is 2.43. The highest BCUT2D eigenvalue weighted by Gasteiger charge is 2.31. The van der Waals surface area contributed by atoms with Crippen LogP contribution in [0, 0.1) is 6.92 Å². The van der Waals surface area contributed by atoms with E-state index >= 15 is 0 Å². The van der Waals surface area contributed by atoms with Crippen LogP contribution in [0.1, 0.15) is 16.7 Å². The van der Waals surface area contributed by atoms with E-state index in [2.05, 4.69) is 29.6 Å². The predicted molar refractivity (Wildman–Crippen MR) is 122 cm³/mol. The van der Waals surface area contributed by atoms with E-state index in [1.807, 2.05) is 49.4 Å². The highest BCUT2D eigenvalue weighted by molar-refractivity contribution is 6.12. The number of nitrogens with one attached hydrogen (secondary N) is 1. The standard InChI is InChI=1S/C26H24N2O3/c1-19-11-13-20(14-12-19)15-16-27-25(29)18-28-22-9-5-6-10-23(22)31-24(26(28)30)17-21-7-3-2-4-8-21/h2-14,17H,15-16,18H2,1H3,(H,27,29). The van der Waals surface area contributed by atoms with Gasteiger partial charge in [0.25, 0.3) is 5.91 Å². The van der Waals surface area contributed by atoms with E-state index in [1.165, 1.54) is 10.5 Å². The summed E-state index contributed by atoms with van der Waals surface area (Å²) in [5, 5.41) is 2.92. The highest BCUT2D eigenvalue weighted by Crippen LogP contribution is 2.35. The first-order valence-corrected chi connectivity index (χ1v) is 10.3. The molecule has 2 amide bonds. The quantitative estimate of drug-likeness (QED) is 0.620. The van der Waals surface area contributed by atoms with Crippen molar-refractivity contribution in [3.8, 4) is 5.75 Å². The Hall–Kier alpha value is -3.86. The molecule has 0 fully saturated rings. The molecular weight excluding hydrogens is 388 g/mol. The SMILES string of the molecule is Cc1ccc(CCNC(=O)CN2C(=O)C(=Cc3ccccc3)Oc3ccccc32)cc1. The van der Waals surface area contributed by atoms with Crippen LogP contribution in [0.5, 0.6) is 5.75 Å². The lowest BCUT2D eigenvalue weighted by Gasteiger charge is -2.30. The first-order chi connectivity index (χ1) is 15.1. The molecule has 4 rings (SSSR count). The summed E-state index contributed by atoms with van der Waals surface area (Å²) in [6, 6.07) is 25.0. The molecule has 31 heavy (non-hydrogen) atoms. The Morgan fingerprint density at radius 3 is 2.45 bits per heavy atom. The molecule has 0 radical (unpaired) electrons. The average molecular weight is 412 g/mol. The second-order valence-electron chi connectivity index (χ2n) is 7.47. The van der Waals surface area contributed by atoms with Crippen LogP contribution in [0.2, 0.25) is 0 Å². The summed E-state index contributed by atoms with van der Waals surface area (Å²) in [7, 11) is 0. The van der Waals surface area contributed by atoms with Crippen molar-refractivity contribution in [3.63, 3.8) is 0 Å². The fraction of sp³-hybridized carbons (Fsp3) is 0.154. The largest absolute Gasteiger partial charge is 0.449 e. The summed E-state index contributed by atoms with van der Waals surface area (Å²) in [5.74, 6) is 0.196. The number of fused-ring (bicyclic) bond motifs is 1. The van der Waals surface area contributed by atoms with Crippen molar-refractivity contribution >= 4 is 23.6 Å². The lowest BCUT2D eigenvalue weighted by atomic mass is 10.1. The normalized spacial score (nSPS) is 14.2. The second kappa shape index (κ2) is 9.30. The Morgan fingerprint density at radius 2 is 1.68 bits per heavy atom. The van der Waals surface area contributed by atoms with E-state index < -0.39 is 0 Å². The third-order valence-corrected chi connectivity index (χ3v) is 5.09. The molecule has 0 unspecified atom stereocenters. The summed E-state index contributed by atoms with van der Waals surface area (Å²) >= 11 is 0. The molecule has 5 nitrogen and oxygen atoms in total. The van der Waals surface area contributed by atoms with Crippen LogP contribution in [0.25, 0.3) is 6.08 Å². The molecule has 0 atom stereocenters. The zero-order chi connectivity index (χ0) is 21.6. The number of rotatable bonds is 6. The van der Waals surface area contributed by atoms with Crippen molar-refractivity contribution in [2.45, 2.75) is 13.3 Å². The summed E-state index contributed by atoms with van der Waals surface area (Å²) < 4.78 is 5.85. The Kier molecular flexibility index (Phi) is 6.13. The number of hydrogen-bond acceptors (Lipinski definition) is 3. The van der Waals surface area contributed by atoms with Gasteiger partial charge < -0.3 is 10.1 Å². The predicted octanol–water partition coefficient (Wildman–Crippen LogP) is 4.12. The third kappa shape index (κ3) is 5.01. The molecule has 0 bridgehead atoms. The molecular formula is C26H24N2O3. The molecule has 1 aliphatic rings. The lowest BCUT2D eigenvalue weighted by molar-refractivity contribution is -0.123. The molecule has 0 saturated heterocycles. The molecule has 1 aliphatic heterocycles. The second-order valence-corrected chi connectivity index (χ2v) is 7.47. The molecule has 3 aromatic carbocycles. The van der Waals surface area contributed by atoms with E-state index in [4.69, 9.17) is 4.74 Å². The molecule has 1 N–H and O–H groups in total. The van der Waals surface area contributed by atoms with Crippen LogP contribution >= 0.6 is 0 Å². The van der Waals surface area contributed by atoms with Crippen LogP contribution in [0.3, 0.4) is 0 Å². The lowest BCUT2D eigenvalue weighted by Crippen LogP contribution is -2.44. The van der Waals surface area contributed by atoms with E-state index in [0.717, 1.165) is 17.5 Å². The zero-order valence-corrected chi connectivity index (χ0v) is 17.4. The monoisotopic (exact) mass is 412 g/mol. The van der Waals surface area contributed by atoms with Crippen LogP contribution in [-0.4, -0.2) is 24.9 Å². The minimum Gasteiger partial charge on any atom is -0.449 e. The van der Waals surface area contributed by atoms with Crippen molar-refractivity contribution in [2.24, 2.45) is 0 Å². The Morgan fingerprint density at radius 1 is 0.968 bits per heavy atom. The highest BCUT2D eigenvalue weighted by atomic mass is 16.5. The van der Waals surface area contributed by atoms with E-state index in [0.29, 0.717) is 18.0 Å². The van der Waals surface area contributed by atoms with Crippen molar-refractivity contribution in [1.29, 1.82) is 0 Å². The maximum absolute atomic E-state index is 13.1. The fourth-order valence-electron chi connectivity index (χ4n) is 3.42. The molecule has 1 heterocycles. The van der Waals surface area contributed by atoms with Crippen molar-refractivity contribution in [3.05, 3.63) is 101 Å². The van der Waals surface area contributed by atoms with E-state index in [-0.39, 0.29) is 24.1 Å². The van der Waals surface area contributed by atoms with Crippen molar-refractivity contribution < 1.29 is 14.3 Å². The number of hydrogen-bond donors (Lipinski definition) is 1. The van der Waals surface area contributed by atoms with Gasteiger partial charge in [-0.25, -0.2) is 0 Å². The van der Waals surface area contributed by atoms with Gasteiger partial charge in [0.15, 0.2) is 11.5 Å². The van der Waals surface area contributed by atoms with Gasteiger partial charge in [-0.2, -0.15) is 0 Å². The van der Waals surface area contributed by atoms with E-state index in [9.17, 15) is 9.59 Å². The molecule has 156 valence electrons. The molecule has 0 aromatic heterocycles. The fourth-order valence-corrected chi connectivity index (χ4v) is 3.42. The minimum absolute atomic E-state index is 0.0702. The van der Waals surface area contributed by atoms with Gasteiger partial charge >= 0.3 is 0 Å². The molecule has 3 aromatic rings. The van der Waals surface area contributed by atoms with Gasteiger partial charge in [0.05, 0.1) is 5.69 Å². The first kappa shape index (κ1) is 20.4. The maximum atomic E-state index is 13.1. The van der Waals surface area contributed by atoms with Gasteiger partial charge in [-0.05, 0) is 42.7 Å². The maximum Gasteiger partial charge on any atom is 0.294 e. The Balaban J connectivity index is 1.46. The topological polar surface area (TPSA) is 58.6 Å². The number of benzene rings is 3. The van der Waals surface area contributed by atoms with Gasteiger partial charge in [-0.15, -0.1) is 0 Å². The number of aryl methyl sites for hydroxylation is 1. The molecule has 5 heteroatoms. The molecule has 0 spiro atoms. The number of carbonyl (C=O) groups is 2. The van der Waals surface area contributed by atoms with E-state index in [1.54, 1.807) is 18.2 Å². The zero-order valence-electron chi connectivity index (χ0n) is 17.4. The number of anilines is 1. The van der Waals surface area contributed by atoms with Crippen LogP contribution < -0.4 is 15.0 Å². The minimum atomic E-state index is -0.337. The van der Waals surface area contributed by atoms with Crippen LogP contribution in [0.4, 0.5) is 5.69 Å². The van der Waals surface area contributed by atoms with Crippen LogP contribution in [0.15, 0.2) is 84.6 Å². The summed E-state index contributed by atoms with van der Waals surface area (Å²) in [4.78, 5) is 27.2. The number of amides is 2. The smallest absolute Gasteiger partial charge is 0.294 e. The van der Waals surface area contributed by atoms with Gasteiger partial charge in [0.1, 0.15) is 6.54 Å². The van der Waals surface area contributed by atoms with Gasteiger partial charge in [-0.1, -0.05) is 72.3 Å². The third-order valence-electron chi connectivity index (χ3n) is 5.09. The number of nitrogens with zero attached hydrogens (tertiary/aromatic N) is 1. The molecule has 0 saturated carbocycles. The summed E-state index contributed by atoms with van der Waals surface area (Å²) in [6.45, 7) is 2.48.